The van der Waals surface area contributed by atoms with Crippen LogP contribution in [-0.4, -0.2) is 21.4 Å². The van der Waals surface area contributed by atoms with E-state index in [0.717, 1.165) is 0 Å². The molecule has 1 heterocycles. The highest BCUT2D eigenvalue weighted by atomic mass is 16.4. The van der Waals surface area contributed by atoms with E-state index >= 15 is 0 Å². The van der Waals surface area contributed by atoms with Gasteiger partial charge in [0, 0.05) is 16.9 Å². The van der Waals surface area contributed by atoms with Crippen molar-refractivity contribution < 1.29 is 14.7 Å². The molecule has 20 heavy (non-hydrogen) atoms. The van der Waals surface area contributed by atoms with E-state index in [-0.39, 0.29) is 11.3 Å². The third-order valence-corrected chi connectivity index (χ3v) is 3.02. The third kappa shape index (κ3) is 2.38. The molecule has 0 saturated carbocycles. The van der Waals surface area contributed by atoms with E-state index in [0.29, 0.717) is 16.9 Å². The van der Waals surface area contributed by atoms with Crippen molar-refractivity contribution in [3.05, 3.63) is 63.6 Å². The van der Waals surface area contributed by atoms with Crippen molar-refractivity contribution in [2.24, 2.45) is 0 Å². The lowest BCUT2D eigenvalue weighted by Crippen LogP contribution is -2.26. The number of carboxylic acid groups (broad SMARTS) is 1. The first kappa shape index (κ1) is 13.7. The highest BCUT2D eigenvalue weighted by Crippen LogP contribution is 2.12. The van der Waals surface area contributed by atoms with E-state index in [1.54, 1.807) is 37.3 Å². The van der Waals surface area contributed by atoms with Gasteiger partial charge in [0.2, 0.25) is 0 Å². The number of pyridine rings is 1. The van der Waals surface area contributed by atoms with Gasteiger partial charge in [-0.15, -0.1) is 0 Å². The van der Waals surface area contributed by atoms with Crippen molar-refractivity contribution in [3.8, 4) is 5.69 Å². The van der Waals surface area contributed by atoms with Gasteiger partial charge in [0.15, 0.2) is 5.78 Å². The van der Waals surface area contributed by atoms with Crippen LogP contribution in [0.3, 0.4) is 0 Å². The fraction of sp³-hybridized carbons (Fsp3) is 0.133. The van der Waals surface area contributed by atoms with E-state index in [1.165, 1.54) is 17.6 Å². The molecule has 0 bridgehead atoms. The van der Waals surface area contributed by atoms with Crippen LogP contribution < -0.4 is 5.56 Å². The van der Waals surface area contributed by atoms with E-state index in [2.05, 4.69) is 0 Å². The Morgan fingerprint density at radius 2 is 1.85 bits per heavy atom. The SMILES string of the molecule is CC(=O)c1cccc(-n2c(C)ccc(C(=O)O)c2=O)c1. The normalized spacial score (nSPS) is 10.3. The smallest absolute Gasteiger partial charge is 0.341 e. The Morgan fingerprint density at radius 3 is 2.45 bits per heavy atom. The minimum atomic E-state index is -1.27. The quantitative estimate of drug-likeness (QED) is 0.867. The maximum Gasteiger partial charge on any atom is 0.341 e. The number of carbonyl (C=O) groups excluding carboxylic acids is 1. The number of aryl methyl sites for hydroxylation is 1. The fourth-order valence-corrected chi connectivity index (χ4v) is 1.98. The van der Waals surface area contributed by atoms with Gasteiger partial charge in [-0.25, -0.2) is 4.79 Å². The molecule has 0 aliphatic rings. The number of hydrogen-bond donors (Lipinski definition) is 1. The number of carbonyl (C=O) groups is 2. The van der Waals surface area contributed by atoms with Crippen LogP contribution in [0.1, 0.15) is 33.3 Å². The molecule has 0 fully saturated rings. The zero-order valence-corrected chi connectivity index (χ0v) is 11.1. The molecule has 0 spiro atoms. The van der Waals surface area contributed by atoms with Gasteiger partial charge in [0.05, 0.1) is 0 Å². The monoisotopic (exact) mass is 271 g/mol. The highest BCUT2D eigenvalue weighted by molar-refractivity contribution is 5.94. The van der Waals surface area contributed by atoms with Gasteiger partial charge in [0.1, 0.15) is 5.56 Å². The summed E-state index contributed by atoms with van der Waals surface area (Å²) in [5.41, 5.74) is 0.626. The first-order valence-corrected chi connectivity index (χ1v) is 5.99. The molecule has 5 heteroatoms. The number of aromatic nitrogens is 1. The van der Waals surface area contributed by atoms with Gasteiger partial charge >= 0.3 is 5.97 Å². The van der Waals surface area contributed by atoms with Crippen molar-refractivity contribution in [3.63, 3.8) is 0 Å². The Hall–Kier alpha value is -2.69. The van der Waals surface area contributed by atoms with Crippen LogP contribution in [0.2, 0.25) is 0 Å². The summed E-state index contributed by atoms with van der Waals surface area (Å²) in [7, 11) is 0. The van der Waals surface area contributed by atoms with Crippen molar-refractivity contribution in [2.75, 3.05) is 0 Å². The van der Waals surface area contributed by atoms with Gasteiger partial charge < -0.3 is 5.11 Å². The zero-order valence-electron chi connectivity index (χ0n) is 11.1. The summed E-state index contributed by atoms with van der Waals surface area (Å²) in [5, 5.41) is 9.00. The first-order chi connectivity index (χ1) is 9.41. The molecule has 0 radical (unpaired) electrons. The number of carboxylic acids is 1. The predicted molar refractivity (Wildman–Crippen MR) is 73.7 cm³/mol. The topological polar surface area (TPSA) is 76.4 Å². The molecule has 0 aliphatic heterocycles. The van der Waals surface area contributed by atoms with Gasteiger partial charge in [-0.05, 0) is 38.1 Å². The average molecular weight is 271 g/mol. The molecule has 0 atom stereocenters. The minimum Gasteiger partial charge on any atom is -0.477 e. The molecule has 1 N–H and O–H groups in total. The molecule has 2 aromatic rings. The number of nitrogens with zero attached hydrogens (tertiary/aromatic N) is 1. The van der Waals surface area contributed by atoms with Gasteiger partial charge in [0.25, 0.3) is 5.56 Å². The Balaban J connectivity index is 2.72. The van der Waals surface area contributed by atoms with Crippen LogP contribution in [0.4, 0.5) is 0 Å². The molecule has 0 saturated heterocycles. The molecular formula is C15H13NO4. The number of aromatic carboxylic acids is 1. The Labute approximate surface area is 115 Å². The number of benzene rings is 1. The summed E-state index contributed by atoms with van der Waals surface area (Å²) in [6.07, 6.45) is 0. The van der Waals surface area contributed by atoms with E-state index in [4.69, 9.17) is 5.11 Å². The standard InChI is InChI=1S/C15H13NO4/c1-9-6-7-13(15(19)20)14(18)16(9)12-5-3-4-11(8-12)10(2)17/h3-8H,1-2H3,(H,19,20). The largest absolute Gasteiger partial charge is 0.477 e. The zero-order chi connectivity index (χ0) is 14.9. The van der Waals surface area contributed by atoms with E-state index in [1.807, 2.05) is 0 Å². The van der Waals surface area contributed by atoms with Crippen molar-refractivity contribution in [2.45, 2.75) is 13.8 Å². The van der Waals surface area contributed by atoms with Crippen molar-refractivity contribution in [1.82, 2.24) is 4.57 Å². The molecule has 0 unspecified atom stereocenters. The Bertz CT molecular complexity index is 759. The molecule has 5 nitrogen and oxygen atoms in total. The summed E-state index contributed by atoms with van der Waals surface area (Å²) in [5.74, 6) is -1.39. The number of hydrogen-bond acceptors (Lipinski definition) is 3. The molecule has 0 amide bonds. The summed E-state index contributed by atoms with van der Waals surface area (Å²) in [6, 6.07) is 9.38. The second kappa shape index (κ2) is 5.13. The van der Waals surface area contributed by atoms with E-state index in [9.17, 15) is 14.4 Å². The number of ketones is 1. The van der Waals surface area contributed by atoms with Crippen LogP contribution in [0, 0.1) is 6.92 Å². The molecule has 0 aliphatic carbocycles. The molecule has 2 rings (SSSR count). The van der Waals surface area contributed by atoms with Crippen LogP contribution in [-0.2, 0) is 0 Å². The highest BCUT2D eigenvalue weighted by Gasteiger charge is 2.14. The summed E-state index contributed by atoms with van der Waals surface area (Å²) in [6.45, 7) is 3.13. The van der Waals surface area contributed by atoms with Crippen LogP contribution in [0.25, 0.3) is 5.69 Å². The lowest BCUT2D eigenvalue weighted by molar-refractivity contribution is 0.0694. The fourth-order valence-electron chi connectivity index (χ4n) is 1.98. The maximum absolute atomic E-state index is 12.2. The molecule has 1 aromatic carbocycles. The number of Topliss-reactive ketones (excluding diaryl/α,β-unsaturated/α-hetero) is 1. The second-order valence-corrected chi connectivity index (χ2v) is 4.44. The number of rotatable bonds is 3. The lowest BCUT2D eigenvalue weighted by Gasteiger charge is -2.11. The average Bonchev–Trinajstić information content (AvgIpc) is 2.38. The van der Waals surface area contributed by atoms with Crippen LogP contribution in [0.5, 0.6) is 0 Å². The first-order valence-electron chi connectivity index (χ1n) is 5.99. The maximum atomic E-state index is 12.2. The van der Waals surface area contributed by atoms with Gasteiger partial charge in [-0.1, -0.05) is 12.1 Å². The molecule has 102 valence electrons. The van der Waals surface area contributed by atoms with Crippen molar-refractivity contribution >= 4 is 11.8 Å². The summed E-state index contributed by atoms with van der Waals surface area (Å²) < 4.78 is 1.29. The second-order valence-electron chi connectivity index (χ2n) is 4.44. The minimum absolute atomic E-state index is 0.119. The van der Waals surface area contributed by atoms with Gasteiger partial charge in [-0.3, -0.25) is 14.2 Å². The van der Waals surface area contributed by atoms with Gasteiger partial charge in [-0.2, -0.15) is 0 Å². The molecule has 1 aromatic heterocycles. The summed E-state index contributed by atoms with van der Waals surface area (Å²) in [4.78, 5) is 34.6. The molecular weight excluding hydrogens is 258 g/mol. The Morgan fingerprint density at radius 1 is 1.15 bits per heavy atom. The van der Waals surface area contributed by atoms with Crippen LogP contribution >= 0.6 is 0 Å². The lowest BCUT2D eigenvalue weighted by atomic mass is 10.1. The van der Waals surface area contributed by atoms with Crippen LogP contribution in [0.15, 0.2) is 41.2 Å². The van der Waals surface area contributed by atoms with Crippen molar-refractivity contribution in [1.29, 1.82) is 0 Å². The summed E-state index contributed by atoms with van der Waals surface area (Å²) >= 11 is 0. The Kier molecular flexibility index (Phi) is 3.52. The van der Waals surface area contributed by atoms with E-state index < -0.39 is 11.5 Å². The third-order valence-electron chi connectivity index (χ3n) is 3.02. The predicted octanol–water partition coefficient (Wildman–Crippen LogP) is 2.05.